The van der Waals surface area contributed by atoms with E-state index in [0.29, 0.717) is 37.7 Å². The smallest absolute Gasteiger partial charge is 0.289 e. The lowest BCUT2D eigenvalue weighted by Crippen LogP contribution is -2.39. The van der Waals surface area contributed by atoms with Crippen molar-refractivity contribution in [1.82, 2.24) is 19.7 Å². The molecule has 0 unspecified atom stereocenters. The number of benzene rings is 1. The number of fused-ring (bicyclic) bond motifs is 1. The van der Waals surface area contributed by atoms with E-state index in [1.54, 1.807) is 41.3 Å². The standard InChI is InChI=1S/C21H24N4O3S/c1-23(2)19(26)14-24-10-5-11-25(13-12-24)21(27)17-9-8-16(28-17)20-22-15-6-3-4-7-18(15)29-20/h3-4,6-9H,5,10-14H2,1-2H3. The Balaban J connectivity index is 1.43. The zero-order chi connectivity index (χ0) is 20.4. The fourth-order valence-corrected chi connectivity index (χ4v) is 4.29. The molecule has 8 heteroatoms. The second kappa shape index (κ2) is 8.34. The molecule has 0 spiro atoms. The second-order valence-electron chi connectivity index (χ2n) is 7.36. The molecule has 3 aromatic rings. The van der Waals surface area contributed by atoms with Crippen LogP contribution in [0.15, 0.2) is 40.8 Å². The maximum atomic E-state index is 12.9. The van der Waals surface area contributed by atoms with Crippen LogP contribution in [0.3, 0.4) is 0 Å². The van der Waals surface area contributed by atoms with Gasteiger partial charge in [0, 0.05) is 40.3 Å². The van der Waals surface area contributed by atoms with E-state index in [4.69, 9.17) is 4.42 Å². The molecular formula is C21H24N4O3S. The fourth-order valence-electron chi connectivity index (χ4n) is 3.37. The van der Waals surface area contributed by atoms with E-state index in [2.05, 4.69) is 9.88 Å². The van der Waals surface area contributed by atoms with Crippen LogP contribution in [0.1, 0.15) is 17.0 Å². The molecule has 1 saturated heterocycles. The average molecular weight is 413 g/mol. The number of amides is 2. The van der Waals surface area contributed by atoms with Crippen molar-refractivity contribution in [3.8, 4) is 10.8 Å². The highest BCUT2D eigenvalue weighted by molar-refractivity contribution is 7.21. The fraction of sp³-hybridized carbons (Fsp3) is 0.381. The maximum Gasteiger partial charge on any atom is 0.289 e. The van der Waals surface area contributed by atoms with E-state index in [0.717, 1.165) is 28.2 Å². The van der Waals surface area contributed by atoms with Crippen molar-refractivity contribution in [2.45, 2.75) is 6.42 Å². The lowest BCUT2D eigenvalue weighted by Gasteiger charge is -2.22. The van der Waals surface area contributed by atoms with E-state index in [1.807, 2.05) is 30.3 Å². The van der Waals surface area contributed by atoms with E-state index < -0.39 is 0 Å². The number of aromatic nitrogens is 1. The molecule has 0 bridgehead atoms. The highest BCUT2D eigenvalue weighted by Crippen LogP contribution is 2.31. The minimum Gasteiger partial charge on any atom is -0.448 e. The van der Waals surface area contributed by atoms with Gasteiger partial charge in [-0.15, -0.1) is 11.3 Å². The summed E-state index contributed by atoms with van der Waals surface area (Å²) < 4.78 is 6.95. The number of hydrogen-bond donors (Lipinski definition) is 0. The van der Waals surface area contributed by atoms with Gasteiger partial charge in [0.1, 0.15) is 0 Å². The van der Waals surface area contributed by atoms with Gasteiger partial charge >= 0.3 is 0 Å². The Hall–Kier alpha value is -2.71. The predicted octanol–water partition coefficient (Wildman–Crippen LogP) is 2.79. The molecule has 2 amide bonds. The van der Waals surface area contributed by atoms with E-state index >= 15 is 0 Å². The Labute approximate surface area is 173 Å². The Kier molecular flexibility index (Phi) is 5.64. The normalized spacial score (nSPS) is 15.4. The summed E-state index contributed by atoms with van der Waals surface area (Å²) in [5, 5.41) is 0.773. The monoisotopic (exact) mass is 412 g/mol. The molecule has 0 radical (unpaired) electrons. The number of thiazole rings is 1. The molecular weight excluding hydrogens is 388 g/mol. The van der Waals surface area contributed by atoms with Crippen LogP contribution in [-0.2, 0) is 4.79 Å². The van der Waals surface area contributed by atoms with Crippen molar-refractivity contribution < 1.29 is 14.0 Å². The highest BCUT2D eigenvalue weighted by Gasteiger charge is 2.24. The molecule has 7 nitrogen and oxygen atoms in total. The number of likely N-dealkylation sites (N-methyl/N-ethyl adjacent to an activating group) is 1. The zero-order valence-corrected chi connectivity index (χ0v) is 17.4. The van der Waals surface area contributed by atoms with Gasteiger partial charge in [-0.1, -0.05) is 12.1 Å². The number of para-hydroxylation sites is 1. The maximum absolute atomic E-state index is 12.9. The summed E-state index contributed by atoms with van der Waals surface area (Å²) in [6.45, 7) is 3.10. The summed E-state index contributed by atoms with van der Waals surface area (Å²) in [5.74, 6) is 0.911. The number of furan rings is 1. The van der Waals surface area contributed by atoms with Gasteiger partial charge in [0.25, 0.3) is 5.91 Å². The first-order chi connectivity index (χ1) is 14.0. The Morgan fingerprint density at radius 1 is 1.10 bits per heavy atom. The van der Waals surface area contributed by atoms with Crippen molar-refractivity contribution in [3.63, 3.8) is 0 Å². The van der Waals surface area contributed by atoms with Crippen LogP contribution in [0.2, 0.25) is 0 Å². The molecule has 0 aliphatic carbocycles. The third-order valence-corrected chi connectivity index (χ3v) is 6.11. The first-order valence-corrected chi connectivity index (χ1v) is 10.5. The molecule has 2 aromatic heterocycles. The quantitative estimate of drug-likeness (QED) is 0.659. The van der Waals surface area contributed by atoms with Gasteiger partial charge in [-0.05, 0) is 30.7 Å². The summed E-state index contributed by atoms with van der Waals surface area (Å²) >= 11 is 1.55. The Bertz CT molecular complexity index is 993. The minimum absolute atomic E-state index is 0.0799. The van der Waals surface area contributed by atoms with Crippen molar-refractivity contribution >= 4 is 33.4 Å². The van der Waals surface area contributed by atoms with Crippen LogP contribution < -0.4 is 0 Å². The highest BCUT2D eigenvalue weighted by atomic mass is 32.1. The van der Waals surface area contributed by atoms with Crippen molar-refractivity contribution in [2.75, 3.05) is 46.8 Å². The van der Waals surface area contributed by atoms with Crippen LogP contribution in [0, 0.1) is 0 Å². The second-order valence-corrected chi connectivity index (χ2v) is 8.39. The van der Waals surface area contributed by atoms with Crippen LogP contribution in [-0.4, -0.2) is 78.3 Å². The van der Waals surface area contributed by atoms with Crippen LogP contribution in [0.25, 0.3) is 21.0 Å². The van der Waals surface area contributed by atoms with Crippen molar-refractivity contribution in [3.05, 3.63) is 42.2 Å². The average Bonchev–Trinajstić information content (AvgIpc) is 3.30. The third-order valence-electron chi connectivity index (χ3n) is 5.05. The first-order valence-electron chi connectivity index (χ1n) is 9.69. The predicted molar refractivity (Wildman–Crippen MR) is 113 cm³/mol. The van der Waals surface area contributed by atoms with Gasteiger partial charge in [0.2, 0.25) is 5.91 Å². The summed E-state index contributed by atoms with van der Waals surface area (Å²) in [6.07, 6.45) is 0.831. The molecule has 0 saturated carbocycles. The van der Waals surface area contributed by atoms with Gasteiger partial charge in [-0.2, -0.15) is 0 Å². The van der Waals surface area contributed by atoms with E-state index in [1.165, 1.54) is 0 Å². The molecule has 1 aliphatic heterocycles. The summed E-state index contributed by atoms with van der Waals surface area (Å²) in [4.78, 5) is 35.0. The van der Waals surface area contributed by atoms with Crippen LogP contribution in [0.4, 0.5) is 0 Å². The molecule has 0 atom stereocenters. The van der Waals surface area contributed by atoms with Gasteiger partial charge in [0.05, 0.1) is 16.8 Å². The SMILES string of the molecule is CN(C)C(=O)CN1CCCN(C(=O)c2ccc(-c3nc4ccccc4s3)o2)CC1. The number of hydrogen-bond acceptors (Lipinski definition) is 6. The summed E-state index contributed by atoms with van der Waals surface area (Å²) in [6, 6.07) is 11.5. The van der Waals surface area contributed by atoms with Crippen molar-refractivity contribution in [1.29, 1.82) is 0 Å². The van der Waals surface area contributed by atoms with Crippen LogP contribution in [0.5, 0.6) is 0 Å². The summed E-state index contributed by atoms with van der Waals surface area (Å²) in [5.41, 5.74) is 0.927. The van der Waals surface area contributed by atoms with Crippen molar-refractivity contribution in [2.24, 2.45) is 0 Å². The molecule has 1 aliphatic rings. The minimum atomic E-state index is -0.113. The lowest BCUT2D eigenvalue weighted by molar-refractivity contribution is -0.129. The van der Waals surface area contributed by atoms with Gasteiger partial charge < -0.3 is 14.2 Å². The molecule has 3 heterocycles. The van der Waals surface area contributed by atoms with Gasteiger partial charge in [-0.3, -0.25) is 14.5 Å². The number of carbonyl (C=O) groups is 2. The van der Waals surface area contributed by atoms with E-state index in [-0.39, 0.29) is 11.8 Å². The van der Waals surface area contributed by atoms with Crippen LogP contribution >= 0.6 is 11.3 Å². The molecule has 0 N–H and O–H groups in total. The Morgan fingerprint density at radius 3 is 2.72 bits per heavy atom. The number of rotatable bonds is 4. The molecule has 152 valence electrons. The van der Waals surface area contributed by atoms with Gasteiger partial charge in [-0.25, -0.2) is 4.98 Å². The summed E-state index contributed by atoms with van der Waals surface area (Å²) in [7, 11) is 3.52. The lowest BCUT2D eigenvalue weighted by atomic mass is 10.3. The third kappa shape index (κ3) is 4.33. The van der Waals surface area contributed by atoms with E-state index in [9.17, 15) is 9.59 Å². The topological polar surface area (TPSA) is 69.9 Å². The number of nitrogens with zero attached hydrogens (tertiary/aromatic N) is 4. The Morgan fingerprint density at radius 2 is 1.93 bits per heavy atom. The molecule has 1 fully saturated rings. The zero-order valence-electron chi connectivity index (χ0n) is 16.6. The first kappa shape index (κ1) is 19.6. The molecule has 4 rings (SSSR count). The molecule has 29 heavy (non-hydrogen) atoms. The molecule has 1 aromatic carbocycles. The van der Waals surface area contributed by atoms with Gasteiger partial charge in [0.15, 0.2) is 16.5 Å². The number of carbonyl (C=O) groups excluding carboxylic acids is 2. The largest absolute Gasteiger partial charge is 0.448 e.